The Morgan fingerprint density at radius 2 is 1.75 bits per heavy atom. The highest BCUT2D eigenvalue weighted by Crippen LogP contribution is 2.15. The first-order valence-electron chi connectivity index (χ1n) is 8.19. The zero-order valence-corrected chi connectivity index (χ0v) is 14.5. The number of aromatic hydroxyl groups is 2. The zero-order chi connectivity index (χ0) is 20.1. The number of para-hydroxylation sites is 1. The Morgan fingerprint density at radius 1 is 1.07 bits per heavy atom. The van der Waals surface area contributed by atoms with Crippen LogP contribution in [0.5, 0.6) is 11.6 Å². The van der Waals surface area contributed by atoms with E-state index >= 15 is 0 Å². The van der Waals surface area contributed by atoms with E-state index in [-0.39, 0.29) is 23.4 Å². The second kappa shape index (κ2) is 8.04. The highest BCUT2D eigenvalue weighted by atomic mass is 16.3. The number of benzene rings is 2. The highest BCUT2D eigenvalue weighted by molar-refractivity contribution is 5.97. The average Bonchev–Trinajstić information content (AvgIpc) is 2.68. The van der Waals surface area contributed by atoms with E-state index in [2.05, 4.69) is 15.5 Å². The minimum Gasteiger partial charge on any atom is -0.507 e. The van der Waals surface area contributed by atoms with Crippen molar-refractivity contribution in [1.82, 2.24) is 15.0 Å². The van der Waals surface area contributed by atoms with Gasteiger partial charge in [0, 0.05) is 0 Å². The fraction of sp³-hybridized carbons (Fsp3) is 0.0526. The van der Waals surface area contributed by atoms with Crippen LogP contribution in [-0.2, 0) is 6.54 Å². The first kappa shape index (κ1) is 18.6. The molecule has 0 atom stereocenters. The summed E-state index contributed by atoms with van der Waals surface area (Å²) in [5, 5.41) is 23.6. The van der Waals surface area contributed by atoms with Crippen LogP contribution in [0.3, 0.4) is 0 Å². The van der Waals surface area contributed by atoms with Crippen molar-refractivity contribution in [1.29, 1.82) is 0 Å². The Labute approximate surface area is 158 Å². The lowest BCUT2D eigenvalue weighted by Gasteiger charge is -2.09. The number of amides is 1. The van der Waals surface area contributed by atoms with Crippen molar-refractivity contribution in [3.8, 4) is 11.6 Å². The predicted molar refractivity (Wildman–Crippen MR) is 102 cm³/mol. The van der Waals surface area contributed by atoms with Gasteiger partial charge in [-0.05, 0) is 17.7 Å². The lowest BCUT2D eigenvalue weighted by Crippen LogP contribution is -2.32. The third-order valence-electron chi connectivity index (χ3n) is 3.90. The molecule has 0 aliphatic carbocycles. The third-order valence-corrected chi connectivity index (χ3v) is 3.90. The molecule has 0 aliphatic heterocycles. The summed E-state index contributed by atoms with van der Waals surface area (Å²) in [6, 6.07) is 14.7. The van der Waals surface area contributed by atoms with E-state index in [9.17, 15) is 24.6 Å². The Morgan fingerprint density at radius 3 is 2.46 bits per heavy atom. The fourth-order valence-electron chi connectivity index (χ4n) is 2.49. The number of carbonyl (C=O) groups excluding carboxylic acids is 1. The molecular formula is C19H16N4O5. The van der Waals surface area contributed by atoms with Crippen molar-refractivity contribution in [2.45, 2.75) is 6.54 Å². The molecule has 9 nitrogen and oxygen atoms in total. The van der Waals surface area contributed by atoms with Gasteiger partial charge in [-0.15, -0.1) is 0 Å². The SMILES string of the molecule is O=C(NN=Cc1c(O)n(Cc2ccccc2)c(=O)[nH]c1=O)c1ccccc1O. The van der Waals surface area contributed by atoms with Gasteiger partial charge in [-0.2, -0.15) is 5.10 Å². The molecule has 1 heterocycles. The molecule has 2 aromatic carbocycles. The largest absolute Gasteiger partial charge is 0.507 e. The van der Waals surface area contributed by atoms with Crippen LogP contribution in [0.4, 0.5) is 0 Å². The van der Waals surface area contributed by atoms with E-state index < -0.39 is 23.0 Å². The van der Waals surface area contributed by atoms with E-state index in [1.165, 1.54) is 12.1 Å². The van der Waals surface area contributed by atoms with Gasteiger partial charge >= 0.3 is 5.69 Å². The minimum atomic E-state index is -0.854. The van der Waals surface area contributed by atoms with E-state index in [1.54, 1.807) is 36.4 Å². The van der Waals surface area contributed by atoms with Crippen LogP contribution >= 0.6 is 0 Å². The Hall–Kier alpha value is -4.14. The molecule has 0 saturated carbocycles. The van der Waals surface area contributed by atoms with Crippen LogP contribution < -0.4 is 16.7 Å². The predicted octanol–water partition coefficient (Wildman–Crippen LogP) is 0.760. The van der Waals surface area contributed by atoms with Crippen molar-refractivity contribution in [3.05, 3.63) is 92.1 Å². The number of phenols is 1. The molecule has 0 saturated heterocycles. The third kappa shape index (κ3) is 3.98. The summed E-state index contributed by atoms with van der Waals surface area (Å²) in [4.78, 5) is 38.1. The quantitative estimate of drug-likeness (QED) is 0.383. The van der Waals surface area contributed by atoms with Crippen LogP contribution in [0.2, 0.25) is 0 Å². The monoisotopic (exact) mass is 380 g/mol. The summed E-state index contributed by atoms with van der Waals surface area (Å²) < 4.78 is 0.975. The van der Waals surface area contributed by atoms with E-state index in [4.69, 9.17) is 0 Å². The summed E-state index contributed by atoms with van der Waals surface area (Å²) in [6.45, 7) is 0.0351. The normalized spacial score (nSPS) is 10.9. The number of hydrogen-bond donors (Lipinski definition) is 4. The topological polar surface area (TPSA) is 137 Å². The van der Waals surface area contributed by atoms with Crippen molar-refractivity contribution < 1.29 is 15.0 Å². The molecule has 3 rings (SSSR count). The molecule has 3 aromatic rings. The number of nitrogens with one attached hydrogen (secondary N) is 2. The molecule has 1 amide bonds. The average molecular weight is 380 g/mol. The van der Waals surface area contributed by atoms with Gasteiger partial charge in [0.25, 0.3) is 11.5 Å². The number of aromatic nitrogens is 2. The second-order valence-electron chi connectivity index (χ2n) is 5.78. The molecule has 0 spiro atoms. The summed E-state index contributed by atoms with van der Waals surface area (Å²) in [5.41, 5.74) is 0.948. The maximum atomic E-state index is 12.0. The number of H-pyrrole nitrogens is 1. The summed E-state index contributed by atoms with van der Waals surface area (Å²) in [6.07, 6.45) is 0.924. The van der Waals surface area contributed by atoms with Crippen LogP contribution in [0.1, 0.15) is 21.5 Å². The molecular weight excluding hydrogens is 364 g/mol. The van der Waals surface area contributed by atoms with Crippen molar-refractivity contribution >= 4 is 12.1 Å². The van der Waals surface area contributed by atoms with Gasteiger partial charge in [0.15, 0.2) is 0 Å². The minimum absolute atomic E-state index is 0.00757. The van der Waals surface area contributed by atoms with Gasteiger partial charge < -0.3 is 10.2 Å². The van der Waals surface area contributed by atoms with Gasteiger partial charge in [0.05, 0.1) is 18.3 Å². The molecule has 1 aromatic heterocycles. The van der Waals surface area contributed by atoms with Gasteiger partial charge in [0.2, 0.25) is 5.88 Å². The van der Waals surface area contributed by atoms with Gasteiger partial charge in [-0.3, -0.25) is 19.1 Å². The molecule has 28 heavy (non-hydrogen) atoms. The first-order valence-corrected chi connectivity index (χ1v) is 8.19. The molecule has 9 heteroatoms. The van der Waals surface area contributed by atoms with Crippen LogP contribution in [-0.4, -0.2) is 31.9 Å². The number of aromatic amines is 1. The molecule has 0 radical (unpaired) electrons. The van der Waals surface area contributed by atoms with Gasteiger partial charge in [0.1, 0.15) is 11.3 Å². The number of rotatable bonds is 5. The van der Waals surface area contributed by atoms with Crippen molar-refractivity contribution in [2.75, 3.05) is 0 Å². The van der Waals surface area contributed by atoms with Gasteiger partial charge in [-0.25, -0.2) is 10.2 Å². The molecule has 0 bridgehead atoms. The van der Waals surface area contributed by atoms with Crippen molar-refractivity contribution in [3.63, 3.8) is 0 Å². The summed E-state index contributed by atoms with van der Waals surface area (Å²) >= 11 is 0. The Bertz CT molecular complexity index is 1150. The Kier molecular flexibility index (Phi) is 5.35. The smallest absolute Gasteiger partial charge is 0.331 e. The molecule has 0 aliphatic rings. The zero-order valence-electron chi connectivity index (χ0n) is 14.5. The summed E-state index contributed by atoms with van der Waals surface area (Å²) in [5.74, 6) is -1.52. The van der Waals surface area contributed by atoms with Crippen LogP contribution in [0.25, 0.3) is 0 Å². The Balaban J connectivity index is 1.86. The van der Waals surface area contributed by atoms with E-state index in [0.717, 1.165) is 16.3 Å². The number of nitrogens with zero attached hydrogens (tertiary/aromatic N) is 2. The molecule has 4 N–H and O–H groups in total. The van der Waals surface area contributed by atoms with Crippen LogP contribution in [0, 0.1) is 0 Å². The molecule has 0 unspecified atom stereocenters. The number of phenolic OH excluding ortho intramolecular Hbond substituents is 1. The summed E-state index contributed by atoms with van der Waals surface area (Å²) in [7, 11) is 0. The number of hydrazone groups is 1. The second-order valence-corrected chi connectivity index (χ2v) is 5.78. The van der Waals surface area contributed by atoms with Crippen LogP contribution in [0.15, 0.2) is 69.3 Å². The number of hydrogen-bond acceptors (Lipinski definition) is 6. The lowest BCUT2D eigenvalue weighted by molar-refractivity contribution is 0.0952. The molecule has 0 fully saturated rings. The number of carbonyl (C=O) groups is 1. The standard InChI is InChI=1S/C19H16N4O5/c24-15-9-5-4-8-13(15)17(26)22-20-10-14-16(25)21-19(28)23(18(14)27)11-12-6-2-1-3-7-12/h1-10,24,27H,11H2,(H,22,26)(H,21,25,28). The van der Waals surface area contributed by atoms with Crippen molar-refractivity contribution in [2.24, 2.45) is 5.10 Å². The van der Waals surface area contributed by atoms with E-state index in [1.807, 2.05) is 6.07 Å². The fourth-order valence-corrected chi connectivity index (χ4v) is 2.49. The lowest BCUT2D eigenvalue weighted by atomic mass is 10.2. The maximum absolute atomic E-state index is 12.0. The molecule has 142 valence electrons. The van der Waals surface area contributed by atoms with E-state index in [0.29, 0.717) is 0 Å². The highest BCUT2D eigenvalue weighted by Gasteiger charge is 2.14. The van der Waals surface area contributed by atoms with Gasteiger partial charge in [-0.1, -0.05) is 42.5 Å². The maximum Gasteiger partial charge on any atom is 0.331 e. The first-order chi connectivity index (χ1) is 13.5.